The topological polar surface area (TPSA) is 55.7 Å². The SMILES string of the molecule is O=C(S)c1nccnc1-c1ccccn1. The average Bonchev–Trinajstić information content (AvgIpc) is 2.30. The van der Waals surface area contributed by atoms with E-state index in [1.54, 1.807) is 18.3 Å². The second-order valence-corrected chi connectivity index (χ2v) is 3.18. The molecule has 2 aromatic heterocycles. The van der Waals surface area contributed by atoms with Crippen LogP contribution < -0.4 is 0 Å². The molecule has 0 bridgehead atoms. The van der Waals surface area contributed by atoms with Gasteiger partial charge in [0, 0.05) is 18.6 Å². The molecule has 0 aromatic carbocycles. The van der Waals surface area contributed by atoms with Crippen molar-refractivity contribution >= 4 is 17.7 Å². The highest BCUT2D eigenvalue weighted by molar-refractivity contribution is 7.97. The molecule has 0 spiro atoms. The van der Waals surface area contributed by atoms with Gasteiger partial charge in [-0.1, -0.05) is 18.7 Å². The van der Waals surface area contributed by atoms with Crippen molar-refractivity contribution in [2.45, 2.75) is 0 Å². The summed E-state index contributed by atoms with van der Waals surface area (Å²) in [5, 5.41) is -0.413. The van der Waals surface area contributed by atoms with E-state index in [9.17, 15) is 4.79 Å². The minimum absolute atomic E-state index is 0.222. The van der Waals surface area contributed by atoms with E-state index in [1.165, 1.54) is 12.4 Å². The lowest BCUT2D eigenvalue weighted by Crippen LogP contribution is -2.00. The van der Waals surface area contributed by atoms with Gasteiger partial charge in [-0.3, -0.25) is 14.8 Å². The third kappa shape index (κ3) is 2.02. The number of pyridine rings is 1. The molecule has 0 amide bonds. The highest BCUT2D eigenvalue weighted by Crippen LogP contribution is 2.17. The molecule has 2 aromatic rings. The van der Waals surface area contributed by atoms with Crippen molar-refractivity contribution in [1.82, 2.24) is 15.0 Å². The summed E-state index contributed by atoms with van der Waals surface area (Å²) in [6.45, 7) is 0. The van der Waals surface area contributed by atoms with Crippen LogP contribution in [0.25, 0.3) is 11.4 Å². The highest BCUT2D eigenvalue weighted by Gasteiger charge is 2.12. The lowest BCUT2D eigenvalue weighted by molar-refractivity contribution is 0.108. The zero-order chi connectivity index (χ0) is 10.7. The molecule has 74 valence electrons. The van der Waals surface area contributed by atoms with Crippen molar-refractivity contribution in [3.05, 3.63) is 42.5 Å². The van der Waals surface area contributed by atoms with Gasteiger partial charge in [0.05, 0.1) is 5.69 Å². The Balaban J connectivity index is 2.58. The van der Waals surface area contributed by atoms with E-state index in [2.05, 4.69) is 27.6 Å². The second-order valence-electron chi connectivity index (χ2n) is 2.77. The first-order valence-corrected chi connectivity index (χ1v) is 4.69. The smallest absolute Gasteiger partial charge is 0.237 e. The van der Waals surface area contributed by atoms with Crippen molar-refractivity contribution in [2.75, 3.05) is 0 Å². The minimum Gasteiger partial charge on any atom is -0.280 e. The molecule has 5 heteroatoms. The van der Waals surface area contributed by atoms with Crippen LogP contribution in [0.2, 0.25) is 0 Å². The van der Waals surface area contributed by atoms with Gasteiger partial charge in [0.15, 0.2) is 0 Å². The van der Waals surface area contributed by atoms with E-state index in [-0.39, 0.29) is 5.69 Å². The van der Waals surface area contributed by atoms with Gasteiger partial charge in [-0.2, -0.15) is 0 Å². The fourth-order valence-electron chi connectivity index (χ4n) is 1.18. The van der Waals surface area contributed by atoms with Crippen LogP contribution in [0, 0.1) is 0 Å². The maximum absolute atomic E-state index is 11.2. The Morgan fingerprint density at radius 3 is 2.53 bits per heavy atom. The highest BCUT2D eigenvalue weighted by atomic mass is 32.1. The average molecular weight is 217 g/mol. The summed E-state index contributed by atoms with van der Waals surface area (Å²) in [6, 6.07) is 5.38. The molecular formula is C10H7N3OS. The number of carbonyl (C=O) groups excluding carboxylic acids is 1. The Bertz CT molecular complexity index is 487. The molecular weight excluding hydrogens is 210 g/mol. The predicted molar refractivity (Wildman–Crippen MR) is 58.6 cm³/mol. The van der Waals surface area contributed by atoms with E-state index >= 15 is 0 Å². The van der Waals surface area contributed by atoms with Crippen molar-refractivity contribution in [3.63, 3.8) is 0 Å². The summed E-state index contributed by atoms with van der Waals surface area (Å²) in [4.78, 5) is 23.3. The molecule has 0 atom stereocenters. The first-order chi connectivity index (χ1) is 7.29. The molecule has 0 radical (unpaired) electrons. The van der Waals surface area contributed by atoms with Crippen LogP contribution in [0.5, 0.6) is 0 Å². The van der Waals surface area contributed by atoms with E-state index in [0.717, 1.165) is 0 Å². The van der Waals surface area contributed by atoms with Gasteiger partial charge < -0.3 is 0 Å². The van der Waals surface area contributed by atoms with Crippen LogP contribution in [0.1, 0.15) is 10.5 Å². The number of aromatic nitrogens is 3. The number of carbonyl (C=O) groups is 1. The lowest BCUT2D eigenvalue weighted by atomic mass is 10.2. The Kier molecular flexibility index (Phi) is 2.73. The normalized spacial score (nSPS) is 9.93. The fourth-order valence-corrected chi connectivity index (χ4v) is 1.35. The maximum atomic E-state index is 11.2. The van der Waals surface area contributed by atoms with Crippen molar-refractivity contribution in [3.8, 4) is 11.4 Å². The van der Waals surface area contributed by atoms with E-state index in [4.69, 9.17) is 0 Å². The number of thiol groups is 1. The predicted octanol–water partition coefficient (Wildman–Crippen LogP) is 1.61. The van der Waals surface area contributed by atoms with Crippen molar-refractivity contribution < 1.29 is 4.79 Å². The third-order valence-electron chi connectivity index (χ3n) is 1.81. The molecule has 15 heavy (non-hydrogen) atoms. The van der Waals surface area contributed by atoms with Gasteiger partial charge in [-0.25, -0.2) is 4.98 Å². The molecule has 0 saturated carbocycles. The second kappa shape index (κ2) is 4.18. The van der Waals surface area contributed by atoms with Crippen LogP contribution in [-0.4, -0.2) is 20.1 Å². The van der Waals surface area contributed by atoms with Crippen LogP contribution >= 0.6 is 12.6 Å². The summed E-state index contributed by atoms with van der Waals surface area (Å²) < 4.78 is 0. The first-order valence-electron chi connectivity index (χ1n) is 4.25. The first kappa shape index (κ1) is 9.79. The molecule has 0 aliphatic carbocycles. The number of hydrogen-bond acceptors (Lipinski definition) is 4. The Morgan fingerprint density at radius 1 is 1.07 bits per heavy atom. The van der Waals surface area contributed by atoms with Crippen LogP contribution in [0.3, 0.4) is 0 Å². The largest absolute Gasteiger partial charge is 0.280 e. The van der Waals surface area contributed by atoms with Crippen molar-refractivity contribution in [2.24, 2.45) is 0 Å². The molecule has 0 aliphatic heterocycles. The monoisotopic (exact) mass is 217 g/mol. The van der Waals surface area contributed by atoms with E-state index in [1.807, 2.05) is 6.07 Å². The molecule has 0 unspecified atom stereocenters. The molecule has 2 rings (SSSR count). The quantitative estimate of drug-likeness (QED) is 0.776. The summed E-state index contributed by atoms with van der Waals surface area (Å²) in [6.07, 6.45) is 4.61. The van der Waals surface area contributed by atoms with Gasteiger partial charge in [0.1, 0.15) is 11.4 Å². The van der Waals surface area contributed by atoms with Crippen LogP contribution in [0.15, 0.2) is 36.8 Å². The summed E-state index contributed by atoms with van der Waals surface area (Å²) in [7, 11) is 0. The van der Waals surface area contributed by atoms with E-state index in [0.29, 0.717) is 11.4 Å². The maximum Gasteiger partial charge on any atom is 0.237 e. The minimum atomic E-state index is -0.413. The summed E-state index contributed by atoms with van der Waals surface area (Å²) in [5.41, 5.74) is 1.29. The Morgan fingerprint density at radius 2 is 1.87 bits per heavy atom. The van der Waals surface area contributed by atoms with E-state index < -0.39 is 5.12 Å². The molecule has 2 heterocycles. The molecule has 0 fully saturated rings. The van der Waals surface area contributed by atoms with Gasteiger partial charge in [0.2, 0.25) is 5.12 Å². The third-order valence-corrected chi connectivity index (χ3v) is 2.02. The molecule has 0 aliphatic rings. The fraction of sp³-hybridized carbons (Fsp3) is 0. The van der Waals surface area contributed by atoms with Gasteiger partial charge in [-0.05, 0) is 12.1 Å². The number of nitrogens with zero attached hydrogens (tertiary/aromatic N) is 3. The molecule has 4 nitrogen and oxygen atoms in total. The zero-order valence-electron chi connectivity index (χ0n) is 7.66. The van der Waals surface area contributed by atoms with Crippen LogP contribution in [-0.2, 0) is 0 Å². The zero-order valence-corrected chi connectivity index (χ0v) is 8.56. The number of hydrogen-bond donors (Lipinski definition) is 1. The molecule has 0 N–H and O–H groups in total. The lowest BCUT2D eigenvalue weighted by Gasteiger charge is -2.02. The summed E-state index contributed by atoms with van der Waals surface area (Å²) >= 11 is 3.74. The standard InChI is InChI=1S/C10H7N3OS/c14-10(15)9-8(12-5-6-13-9)7-3-1-2-4-11-7/h1-6H,(H,14,15). The Labute approximate surface area is 91.8 Å². The number of rotatable bonds is 2. The molecule has 0 saturated heterocycles. The Hall–Kier alpha value is -1.75. The van der Waals surface area contributed by atoms with Gasteiger partial charge in [0.25, 0.3) is 0 Å². The van der Waals surface area contributed by atoms with Gasteiger partial charge in [-0.15, -0.1) is 0 Å². The summed E-state index contributed by atoms with van der Waals surface area (Å²) in [5.74, 6) is 0. The van der Waals surface area contributed by atoms with Crippen LogP contribution in [0.4, 0.5) is 0 Å². The van der Waals surface area contributed by atoms with Gasteiger partial charge >= 0.3 is 0 Å². The van der Waals surface area contributed by atoms with Crippen molar-refractivity contribution in [1.29, 1.82) is 0 Å².